The Bertz CT molecular complexity index is 817. The lowest BCUT2D eigenvalue weighted by molar-refractivity contribution is 0.244. The molecular weight excluding hydrogens is 339 g/mol. The van der Waals surface area contributed by atoms with Crippen LogP contribution in [-0.2, 0) is 19.6 Å². The molecule has 2 aromatic carbocycles. The summed E-state index contributed by atoms with van der Waals surface area (Å²) in [5, 5.41) is 0. The van der Waals surface area contributed by atoms with Gasteiger partial charge in [0.15, 0.2) is 0 Å². The molecule has 0 aliphatic carbocycles. The summed E-state index contributed by atoms with van der Waals surface area (Å²) in [5.41, 5.74) is 1.24. The van der Waals surface area contributed by atoms with Crippen molar-refractivity contribution in [2.24, 2.45) is 0 Å². The lowest BCUT2D eigenvalue weighted by atomic mass is 10.1. The summed E-state index contributed by atoms with van der Waals surface area (Å²) in [7, 11) is 0. The predicted octanol–water partition coefficient (Wildman–Crippen LogP) is 4.39. The summed E-state index contributed by atoms with van der Waals surface area (Å²) in [5.74, 6) is -1.18. The second kappa shape index (κ2) is 8.67. The summed E-state index contributed by atoms with van der Waals surface area (Å²) in [6.45, 7) is 2.28. The van der Waals surface area contributed by atoms with E-state index in [0.717, 1.165) is 30.7 Å². The molecule has 1 aromatic heterocycles. The molecule has 0 N–H and O–H groups in total. The summed E-state index contributed by atoms with van der Waals surface area (Å²) in [6, 6.07) is 9.71. The van der Waals surface area contributed by atoms with Crippen LogP contribution in [0.5, 0.6) is 0 Å². The van der Waals surface area contributed by atoms with Crippen LogP contribution >= 0.6 is 0 Å². The number of nitrogens with zero attached hydrogens (tertiary/aromatic N) is 3. The fraction of sp³-hybridized carbons (Fsp3) is 0.250. The highest BCUT2D eigenvalue weighted by Crippen LogP contribution is 2.15. The fourth-order valence-electron chi connectivity index (χ4n) is 2.86. The number of halogens is 3. The van der Waals surface area contributed by atoms with E-state index in [1.807, 2.05) is 15.7 Å². The van der Waals surface area contributed by atoms with Crippen molar-refractivity contribution in [1.29, 1.82) is 0 Å². The smallest absolute Gasteiger partial charge is 0.127 e. The molecule has 0 radical (unpaired) electrons. The largest absolute Gasteiger partial charge is 0.337 e. The van der Waals surface area contributed by atoms with Crippen LogP contribution < -0.4 is 0 Å². The fourth-order valence-corrected chi connectivity index (χ4v) is 2.86. The van der Waals surface area contributed by atoms with Crippen LogP contribution in [0.1, 0.15) is 17.5 Å². The van der Waals surface area contributed by atoms with E-state index in [2.05, 4.69) is 4.98 Å². The maximum absolute atomic E-state index is 14.0. The van der Waals surface area contributed by atoms with E-state index in [9.17, 15) is 13.2 Å². The molecule has 0 saturated heterocycles. The number of aromatic nitrogens is 2. The standard InChI is InChI=1S/C20H20F3N3/c21-18-4-2-16(3-5-18)13-26(10-1-9-25-11-8-24-15-25)14-17-12-19(22)6-7-20(17)23/h2-8,11-12,15H,1,9-10,13-14H2. The van der Waals surface area contributed by atoms with Gasteiger partial charge >= 0.3 is 0 Å². The average Bonchev–Trinajstić information content (AvgIpc) is 3.13. The van der Waals surface area contributed by atoms with E-state index in [1.165, 1.54) is 18.2 Å². The Hall–Kier alpha value is -2.60. The van der Waals surface area contributed by atoms with Crippen LogP contribution in [-0.4, -0.2) is 21.0 Å². The van der Waals surface area contributed by atoms with Gasteiger partial charge in [0.25, 0.3) is 0 Å². The van der Waals surface area contributed by atoms with Crippen LogP contribution in [0.4, 0.5) is 13.2 Å². The molecule has 136 valence electrons. The summed E-state index contributed by atoms with van der Waals surface area (Å²) in [6.07, 6.45) is 6.18. The Morgan fingerprint density at radius 1 is 0.923 bits per heavy atom. The lowest BCUT2D eigenvalue weighted by Gasteiger charge is -2.23. The molecule has 3 nitrogen and oxygen atoms in total. The van der Waals surface area contributed by atoms with E-state index < -0.39 is 11.6 Å². The Kier molecular flexibility index (Phi) is 6.07. The highest BCUT2D eigenvalue weighted by atomic mass is 19.1. The average molecular weight is 359 g/mol. The normalized spacial score (nSPS) is 11.2. The second-order valence-corrected chi connectivity index (χ2v) is 6.23. The number of hydrogen-bond donors (Lipinski definition) is 0. The van der Waals surface area contributed by atoms with Gasteiger partial charge in [-0.2, -0.15) is 0 Å². The first-order valence-corrected chi connectivity index (χ1v) is 8.46. The monoisotopic (exact) mass is 359 g/mol. The zero-order valence-corrected chi connectivity index (χ0v) is 14.3. The first-order valence-electron chi connectivity index (χ1n) is 8.46. The molecule has 0 atom stereocenters. The van der Waals surface area contributed by atoms with Crippen LogP contribution in [0.15, 0.2) is 61.2 Å². The van der Waals surface area contributed by atoms with Crippen molar-refractivity contribution in [2.45, 2.75) is 26.1 Å². The van der Waals surface area contributed by atoms with Crippen molar-refractivity contribution in [1.82, 2.24) is 14.5 Å². The van der Waals surface area contributed by atoms with Gasteiger partial charge in [-0.05, 0) is 42.3 Å². The van der Waals surface area contributed by atoms with Gasteiger partial charge in [0.05, 0.1) is 6.33 Å². The van der Waals surface area contributed by atoms with Gasteiger partial charge in [-0.3, -0.25) is 4.90 Å². The molecule has 6 heteroatoms. The third kappa shape index (κ3) is 5.20. The van der Waals surface area contributed by atoms with Gasteiger partial charge in [-0.15, -0.1) is 0 Å². The number of aryl methyl sites for hydroxylation is 1. The minimum atomic E-state index is -0.457. The van der Waals surface area contributed by atoms with E-state index in [1.54, 1.807) is 24.7 Å². The lowest BCUT2D eigenvalue weighted by Crippen LogP contribution is -2.25. The number of benzene rings is 2. The molecular formula is C20H20F3N3. The summed E-state index contributed by atoms with van der Waals surface area (Å²) >= 11 is 0. The van der Waals surface area contributed by atoms with Crippen molar-refractivity contribution in [2.75, 3.05) is 6.54 Å². The molecule has 0 aliphatic heterocycles. The quantitative estimate of drug-likeness (QED) is 0.595. The Balaban J connectivity index is 1.69. The molecule has 3 rings (SSSR count). The molecule has 0 unspecified atom stereocenters. The molecule has 0 aliphatic rings. The molecule has 0 fully saturated rings. The van der Waals surface area contributed by atoms with Gasteiger partial charge in [0, 0.05) is 44.1 Å². The van der Waals surface area contributed by atoms with Crippen LogP contribution in [0.3, 0.4) is 0 Å². The molecule has 0 bridgehead atoms. The maximum atomic E-state index is 14.0. The summed E-state index contributed by atoms with van der Waals surface area (Å²) < 4.78 is 42.6. The zero-order valence-electron chi connectivity index (χ0n) is 14.3. The van der Waals surface area contributed by atoms with E-state index in [-0.39, 0.29) is 12.4 Å². The molecule has 0 saturated carbocycles. The number of imidazole rings is 1. The van der Waals surface area contributed by atoms with E-state index in [0.29, 0.717) is 18.7 Å². The highest BCUT2D eigenvalue weighted by Gasteiger charge is 2.12. The van der Waals surface area contributed by atoms with Gasteiger partial charge < -0.3 is 4.57 Å². The minimum absolute atomic E-state index is 0.283. The zero-order chi connectivity index (χ0) is 18.4. The first kappa shape index (κ1) is 18.2. The van der Waals surface area contributed by atoms with Crippen molar-refractivity contribution in [3.05, 3.63) is 89.8 Å². The SMILES string of the molecule is Fc1ccc(CN(CCCn2ccnc2)Cc2cc(F)ccc2F)cc1. The summed E-state index contributed by atoms with van der Waals surface area (Å²) in [4.78, 5) is 6.04. The Morgan fingerprint density at radius 3 is 2.42 bits per heavy atom. The molecule has 3 aromatic rings. The third-order valence-electron chi connectivity index (χ3n) is 4.17. The third-order valence-corrected chi connectivity index (χ3v) is 4.17. The van der Waals surface area contributed by atoms with Crippen molar-refractivity contribution < 1.29 is 13.2 Å². The van der Waals surface area contributed by atoms with E-state index >= 15 is 0 Å². The molecule has 26 heavy (non-hydrogen) atoms. The number of hydrogen-bond acceptors (Lipinski definition) is 2. The molecule has 1 heterocycles. The number of rotatable bonds is 8. The van der Waals surface area contributed by atoms with Crippen molar-refractivity contribution in [3.63, 3.8) is 0 Å². The van der Waals surface area contributed by atoms with Crippen LogP contribution in [0.2, 0.25) is 0 Å². The van der Waals surface area contributed by atoms with Gasteiger partial charge in [0.2, 0.25) is 0 Å². The van der Waals surface area contributed by atoms with E-state index in [4.69, 9.17) is 0 Å². The van der Waals surface area contributed by atoms with Crippen LogP contribution in [0.25, 0.3) is 0 Å². The van der Waals surface area contributed by atoms with Crippen molar-refractivity contribution in [3.8, 4) is 0 Å². The van der Waals surface area contributed by atoms with Gasteiger partial charge in [-0.1, -0.05) is 12.1 Å². The minimum Gasteiger partial charge on any atom is -0.337 e. The van der Waals surface area contributed by atoms with Gasteiger partial charge in [0.1, 0.15) is 17.5 Å². The Labute approximate surface area is 150 Å². The Morgan fingerprint density at radius 2 is 1.69 bits per heavy atom. The second-order valence-electron chi connectivity index (χ2n) is 6.23. The highest BCUT2D eigenvalue weighted by molar-refractivity contribution is 5.20. The van der Waals surface area contributed by atoms with Crippen molar-refractivity contribution >= 4 is 0 Å². The van der Waals surface area contributed by atoms with Gasteiger partial charge in [-0.25, -0.2) is 18.2 Å². The topological polar surface area (TPSA) is 21.1 Å². The van der Waals surface area contributed by atoms with Crippen LogP contribution in [0, 0.1) is 17.5 Å². The molecule has 0 amide bonds. The maximum Gasteiger partial charge on any atom is 0.127 e. The first-order chi connectivity index (χ1) is 12.6. The molecule has 0 spiro atoms. The predicted molar refractivity (Wildman–Crippen MR) is 93.7 cm³/mol.